The molecule has 1 heterocycles. The fourth-order valence-electron chi connectivity index (χ4n) is 1.37. The van der Waals surface area contributed by atoms with Crippen molar-refractivity contribution < 1.29 is 4.79 Å². The molecule has 1 rings (SSSR count). The molecular formula is C11H18N4O. The van der Waals surface area contributed by atoms with Crippen LogP contribution in [0.2, 0.25) is 0 Å². The van der Waals surface area contributed by atoms with Gasteiger partial charge in [0, 0.05) is 18.8 Å². The van der Waals surface area contributed by atoms with E-state index in [1.165, 1.54) is 6.20 Å². The summed E-state index contributed by atoms with van der Waals surface area (Å²) in [5.74, 6) is -0.212. The van der Waals surface area contributed by atoms with Crippen LogP contribution in [0.4, 0.5) is 0 Å². The third-order valence-electron chi connectivity index (χ3n) is 2.27. The number of rotatable bonds is 5. The van der Waals surface area contributed by atoms with E-state index in [2.05, 4.69) is 22.2 Å². The number of nitrogens with one attached hydrogen (secondary N) is 1. The molecule has 0 fully saturated rings. The fraction of sp³-hybridized carbons (Fsp3) is 0.545. The van der Waals surface area contributed by atoms with E-state index in [9.17, 15) is 4.79 Å². The molecule has 0 saturated carbocycles. The molecule has 16 heavy (non-hydrogen) atoms. The number of carbonyl (C=O) groups is 1. The minimum atomic E-state index is -0.212. The molecule has 1 aromatic rings. The van der Waals surface area contributed by atoms with Crippen molar-refractivity contribution in [2.45, 2.75) is 32.7 Å². The van der Waals surface area contributed by atoms with Gasteiger partial charge in [0.15, 0.2) is 0 Å². The van der Waals surface area contributed by atoms with Crippen molar-refractivity contribution in [2.24, 2.45) is 5.73 Å². The maximum Gasteiger partial charge on any atom is 0.271 e. The monoisotopic (exact) mass is 222 g/mol. The average molecular weight is 222 g/mol. The van der Waals surface area contributed by atoms with Crippen LogP contribution in [0.1, 0.15) is 35.9 Å². The van der Waals surface area contributed by atoms with Crippen LogP contribution in [0.25, 0.3) is 0 Å². The van der Waals surface area contributed by atoms with Gasteiger partial charge in [-0.15, -0.1) is 0 Å². The van der Waals surface area contributed by atoms with Crippen LogP contribution >= 0.6 is 0 Å². The van der Waals surface area contributed by atoms with Gasteiger partial charge in [-0.25, -0.2) is 4.98 Å². The lowest BCUT2D eigenvalue weighted by atomic mass is 10.1. The van der Waals surface area contributed by atoms with E-state index in [4.69, 9.17) is 5.73 Å². The number of nitrogens with zero attached hydrogens (tertiary/aromatic N) is 2. The minimum absolute atomic E-state index is 0.0144. The summed E-state index contributed by atoms with van der Waals surface area (Å²) in [6.07, 6.45) is 4.92. The number of nitrogens with two attached hydrogens (primary N) is 1. The van der Waals surface area contributed by atoms with Crippen LogP contribution in [0.5, 0.6) is 0 Å². The lowest BCUT2D eigenvalue weighted by Gasteiger charge is -2.15. The van der Waals surface area contributed by atoms with E-state index >= 15 is 0 Å². The number of aromatic nitrogens is 2. The zero-order chi connectivity index (χ0) is 12.0. The lowest BCUT2D eigenvalue weighted by molar-refractivity contribution is 0.0930. The smallest absolute Gasteiger partial charge is 0.271 e. The molecule has 0 saturated heterocycles. The molecule has 0 spiro atoms. The maximum absolute atomic E-state index is 11.7. The van der Waals surface area contributed by atoms with Crippen LogP contribution in [-0.4, -0.2) is 28.5 Å². The second-order valence-corrected chi connectivity index (χ2v) is 3.74. The van der Waals surface area contributed by atoms with Crippen LogP contribution in [-0.2, 0) is 0 Å². The number of carbonyl (C=O) groups excluding carboxylic acids is 1. The Kier molecular flexibility index (Phi) is 4.85. The maximum atomic E-state index is 11.7. The van der Waals surface area contributed by atoms with Gasteiger partial charge in [0.2, 0.25) is 0 Å². The van der Waals surface area contributed by atoms with Crippen molar-refractivity contribution in [3.63, 3.8) is 0 Å². The predicted octanol–water partition coefficient (Wildman–Crippen LogP) is 0.642. The van der Waals surface area contributed by atoms with Gasteiger partial charge >= 0.3 is 0 Å². The fourth-order valence-corrected chi connectivity index (χ4v) is 1.37. The summed E-state index contributed by atoms with van der Waals surface area (Å²) in [6, 6.07) is 0.0144. The van der Waals surface area contributed by atoms with Crippen LogP contribution in [0.15, 0.2) is 12.4 Å². The number of amides is 1. The summed E-state index contributed by atoms with van der Waals surface area (Å²) in [5, 5.41) is 2.84. The SMILES string of the molecule is CCCC(CN)NC(=O)c1cnc(C)cn1. The van der Waals surface area contributed by atoms with Gasteiger partial charge in [0.05, 0.1) is 11.9 Å². The minimum Gasteiger partial charge on any atom is -0.347 e. The van der Waals surface area contributed by atoms with Crippen molar-refractivity contribution in [2.75, 3.05) is 6.54 Å². The summed E-state index contributed by atoms with van der Waals surface area (Å²) in [7, 11) is 0. The highest BCUT2D eigenvalue weighted by Gasteiger charge is 2.12. The zero-order valence-corrected chi connectivity index (χ0v) is 9.73. The third kappa shape index (κ3) is 3.58. The first-order valence-electron chi connectivity index (χ1n) is 5.47. The molecule has 0 radical (unpaired) electrons. The average Bonchev–Trinajstić information content (AvgIpc) is 2.29. The molecule has 1 aromatic heterocycles. The van der Waals surface area contributed by atoms with E-state index in [1.807, 2.05) is 6.92 Å². The Balaban J connectivity index is 2.60. The molecule has 1 amide bonds. The van der Waals surface area contributed by atoms with Crippen molar-refractivity contribution in [3.8, 4) is 0 Å². The van der Waals surface area contributed by atoms with Gasteiger partial charge in [-0.2, -0.15) is 0 Å². The van der Waals surface area contributed by atoms with E-state index < -0.39 is 0 Å². The Bertz CT molecular complexity index is 336. The first-order chi connectivity index (χ1) is 7.67. The molecule has 0 bridgehead atoms. The quantitative estimate of drug-likeness (QED) is 0.766. The van der Waals surface area contributed by atoms with Gasteiger partial charge in [-0.3, -0.25) is 9.78 Å². The van der Waals surface area contributed by atoms with Crippen molar-refractivity contribution in [1.29, 1.82) is 0 Å². The van der Waals surface area contributed by atoms with Crippen molar-refractivity contribution in [1.82, 2.24) is 15.3 Å². The van der Waals surface area contributed by atoms with E-state index in [1.54, 1.807) is 6.20 Å². The summed E-state index contributed by atoms with van der Waals surface area (Å²) in [5.41, 5.74) is 6.68. The molecule has 3 N–H and O–H groups in total. The first kappa shape index (κ1) is 12.6. The largest absolute Gasteiger partial charge is 0.347 e. The van der Waals surface area contributed by atoms with E-state index in [0.717, 1.165) is 18.5 Å². The normalized spacial score (nSPS) is 12.2. The van der Waals surface area contributed by atoms with Gasteiger partial charge in [0.1, 0.15) is 5.69 Å². The Morgan fingerprint density at radius 2 is 2.25 bits per heavy atom. The van der Waals surface area contributed by atoms with Gasteiger partial charge in [-0.1, -0.05) is 13.3 Å². The molecule has 0 aliphatic rings. The Morgan fingerprint density at radius 1 is 1.50 bits per heavy atom. The second kappa shape index (κ2) is 6.17. The van der Waals surface area contributed by atoms with E-state index in [-0.39, 0.29) is 11.9 Å². The topological polar surface area (TPSA) is 80.9 Å². The molecule has 5 nitrogen and oxygen atoms in total. The zero-order valence-electron chi connectivity index (χ0n) is 9.73. The Morgan fingerprint density at radius 3 is 2.75 bits per heavy atom. The van der Waals surface area contributed by atoms with Crippen molar-refractivity contribution in [3.05, 3.63) is 23.8 Å². The predicted molar refractivity (Wildman–Crippen MR) is 62.0 cm³/mol. The molecule has 0 aromatic carbocycles. The highest BCUT2D eigenvalue weighted by molar-refractivity contribution is 5.92. The van der Waals surface area contributed by atoms with Gasteiger partial charge in [0.25, 0.3) is 5.91 Å². The molecule has 1 atom stereocenters. The Labute approximate surface area is 95.5 Å². The van der Waals surface area contributed by atoms with Crippen LogP contribution < -0.4 is 11.1 Å². The van der Waals surface area contributed by atoms with Gasteiger partial charge in [-0.05, 0) is 13.3 Å². The molecule has 0 aliphatic heterocycles. The highest BCUT2D eigenvalue weighted by atomic mass is 16.1. The molecule has 5 heteroatoms. The Hall–Kier alpha value is -1.49. The number of aryl methyl sites for hydroxylation is 1. The van der Waals surface area contributed by atoms with E-state index in [0.29, 0.717) is 12.2 Å². The third-order valence-corrected chi connectivity index (χ3v) is 2.27. The van der Waals surface area contributed by atoms with Crippen LogP contribution in [0, 0.1) is 6.92 Å². The summed E-state index contributed by atoms with van der Waals surface area (Å²) in [4.78, 5) is 19.8. The molecular weight excluding hydrogens is 204 g/mol. The lowest BCUT2D eigenvalue weighted by Crippen LogP contribution is -2.40. The number of hydrogen-bond donors (Lipinski definition) is 2. The standard InChI is InChI=1S/C11H18N4O/c1-3-4-9(5-12)15-11(16)10-7-13-8(2)6-14-10/h6-7,9H,3-5,12H2,1-2H3,(H,15,16). The summed E-state index contributed by atoms with van der Waals surface area (Å²) >= 11 is 0. The summed E-state index contributed by atoms with van der Waals surface area (Å²) in [6.45, 7) is 4.33. The first-order valence-corrected chi connectivity index (χ1v) is 5.47. The van der Waals surface area contributed by atoms with Crippen molar-refractivity contribution >= 4 is 5.91 Å². The summed E-state index contributed by atoms with van der Waals surface area (Å²) < 4.78 is 0. The van der Waals surface area contributed by atoms with Crippen LogP contribution in [0.3, 0.4) is 0 Å². The highest BCUT2D eigenvalue weighted by Crippen LogP contribution is 1.98. The van der Waals surface area contributed by atoms with Gasteiger partial charge < -0.3 is 11.1 Å². The molecule has 1 unspecified atom stereocenters. The number of hydrogen-bond acceptors (Lipinski definition) is 4. The molecule has 0 aliphatic carbocycles. The molecule has 88 valence electrons. The second-order valence-electron chi connectivity index (χ2n) is 3.74.